The molecule has 0 radical (unpaired) electrons. The monoisotopic (exact) mass is 421 g/mol. The van der Waals surface area contributed by atoms with Crippen LogP contribution < -0.4 is 5.32 Å². The molecule has 1 N–H and O–H groups in total. The first-order valence-electron chi connectivity index (χ1n) is 10.6. The summed E-state index contributed by atoms with van der Waals surface area (Å²) in [6, 6.07) is 16.0. The highest BCUT2D eigenvalue weighted by Gasteiger charge is 2.32. The maximum atomic E-state index is 12.8. The van der Waals surface area contributed by atoms with Gasteiger partial charge in [-0.25, -0.2) is 4.98 Å². The van der Waals surface area contributed by atoms with E-state index in [9.17, 15) is 9.59 Å². The molecule has 0 bridgehead atoms. The Balaban J connectivity index is 1.34. The van der Waals surface area contributed by atoms with Crippen molar-refractivity contribution in [1.82, 2.24) is 9.88 Å². The van der Waals surface area contributed by atoms with E-state index in [1.807, 2.05) is 47.4 Å². The molecule has 0 spiro atoms. The van der Waals surface area contributed by atoms with Gasteiger partial charge in [0, 0.05) is 25.1 Å². The maximum Gasteiger partial charge on any atom is 0.224 e. The number of nitrogens with zero attached hydrogens (tertiary/aromatic N) is 2. The molecule has 1 aromatic heterocycles. The van der Waals surface area contributed by atoms with Gasteiger partial charge in [-0.05, 0) is 48.6 Å². The molecular weight excluding hydrogens is 394 g/mol. The van der Waals surface area contributed by atoms with Gasteiger partial charge >= 0.3 is 0 Å². The predicted octanol–water partition coefficient (Wildman–Crippen LogP) is 5.50. The average molecular weight is 422 g/mol. The summed E-state index contributed by atoms with van der Waals surface area (Å²) < 4.78 is 1.15. The van der Waals surface area contributed by atoms with Crippen LogP contribution in [0.4, 0.5) is 5.69 Å². The van der Waals surface area contributed by atoms with Gasteiger partial charge in [0.1, 0.15) is 5.01 Å². The summed E-state index contributed by atoms with van der Waals surface area (Å²) in [7, 11) is 0. The number of benzene rings is 2. The molecule has 2 aromatic carbocycles. The van der Waals surface area contributed by atoms with Gasteiger partial charge in [0.25, 0.3) is 0 Å². The summed E-state index contributed by atoms with van der Waals surface area (Å²) in [6.45, 7) is 5.01. The summed E-state index contributed by atoms with van der Waals surface area (Å²) in [5.41, 5.74) is 2.99. The van der Waals surface area contributed by atoms with E-state index in [0.29, 0.717) is 5.92 Å². The normalized spacial score (nSPS) is 16.4. The van der Waals surface area contributed by atoms with E-state index in [4.69, 9.17) is 4.98 Å². The van der Waals surface area contributed by atoms with E-state index in [1.54, 1.807) is 11.3 Å². The fraction of sp³-hybridized carbons (Fsp3) is 0.375. The summed E-state index contributed by atoms with van der Waals surface area (Å²) >= 11 is 1.66. The first-order chi connectivity index (χ1) is 14.5. The highest BCUT2D eigenvalue weighted by molar-refractivity contribution is 7.18. The van der Waals surface area contributed by atoms with Gasteiger partial charge < -0.3 is 10.2 Å². The second-order valence-corrected chi connectivity index (χ2v) is 9.15. The maximum absolute atomic E-state index is 12.8. The zero-order chi connectivity index (χ0) is 21.1. The van der Waals surface area contributed by atoms with Crippen LogP contribution in [0.15, 0.2) is 48.5 Å². The van der Waals surface area contributed by atoms with Gasteiger partial charge in [0.05, 0.1) is 16.3 Å². The van der Waals surface area contributed by atoms with Crippen molar-refractivity contribution in [2.75, 3.05) is 11.9 Å². The Bertz CT molecular complexity index is 1010. The molecule has 5 nitrogen and oxygen atoms in total. The number of carbonyl (C=O) groups excluding carboxylic acids is 2. The first-order valence-corrected chi connectivity index (χ1v) is 11.4. The van der Waals surface area contributed by atoms with Crippen LogP contribution in [-0.4, -0.2) is 28.2 Å². The lowest BCUT2D eigenvalue weighted by Crippen LogP contribution is -2.31. The largest absolute Gasteiger partial charge is 0.333 e. The third-order valence-electron chi connectivity index (χ3n) is 5.60. The fourth-order valence-corrected chi connectivity index (χ4v) is 5.01. The van der Waals surface area contributed by atoms with Crippen LogP contribution in [0.5, 0.6) is 0 Å². The van der Waals surface area contributed by atoms with Crippen molar-refractivity contribution >= 4 is 39.1 Å². The van der Waals surface area contributed by atoms with Crippen LogP contribution in [0.3, 0.4) is 0 Å². The van der Waals surface area contributed by atoms with Crippen LogP contribution >= 0.6 is 11.3 Å². The molecule has 1 unspecified atom stereocenters. The van der Waals surface area contributed by atoms with E-state index in [1.165, 1.54) is 5.56 Å². The predicted molar refractivity (Wildman–Crippen MR) is 122 cm³/mol. The zero-order valence-corrected chi connectivity index (χ0v) is 18.2. The molecule has 1 fully saturated rings. The average Bonchev–Trinajstić information content (AvgIpc) is 3.39. The van der Waals surface area contributed by atoms with Crippen molar-refractivity contribution in [3.63, 3.8) is 0 Å². The fourth-order valence-electron chi connectivity index (χ4n) is 3.89. The van der Waals surface area contributed by atoms with Crippen molar-refractivity contribution < 1.29 is 9.59 Å². The van der Waals surface area contributed by atoms with Gasteiger partial charge in [-0.1, -0.05) is 38.1 Å². The van der Waals surface area contributed by atoms with Gasteiger partial charge in [-0.15, -0.1) is 11.3 Å². The van der Waals surface area contributed by atoms with Crippen molar-refractivity contribution in [2.24, 2.45) is 0 Å². The van der Waals surface area contributed by atoms with Crippen LogP contribution in [0, 0.1) is 0 Å². The lowest BCUT2D eigenvalue weighted by Gasteiger charge is -2.23. The summed E-state index contributed by atoms with van der Waals surface area (Å²) in [6.07, 6.45) is 2.31. The molecule has 3 aromatic rings. The Labute approximate surface area is 181 Å². The molecule has 1 saturated heterocycles. The minimum absolute atomic E-state index is 0.0292. The molecule has 2 amide bonds. The summed E-state index contributed by atoms with van der Waals surface area (Å²) in [4.78, 5) is 31.8. The Morgan fingerprint density at radius 1 is 1.13 bits per heavy atom. The first kappa shape index (κ1) is 20.5. The molecule has 30 heavy (non-hydrogen) atoms. The third-order valence-corrected chi connectivity index (χ3v) is 6.73. The van der Waals surface area contributed by atoms with Crippen molar-refractivity contribution in [3.05, 3.63) is 59.1 Å². The van der Waals surface area contributed by atoms with E-state index >= 15 is 0 Å². The molecule has 0 aliphatic carbocycles. The number of nitrogens with one attached hydrogen (secondary N) is 1. The van der Waals surface area contributed by atoms with Gasteiger partial charge in [-0.3, -0.25) is 9.59 Å². The highest BCUT2D eigenvalue weighted by Crippen LogP contribution is 2.36. The second-order valence-electron chi connectivity index (χ2n) is 8.09. The Morgan fingerprint density at radius 3 is 2.63 bits per heavy atom. The topological polar surface area (TPSA) is 62.3 Å². The number of hydrogen-bond donors (Lipinski definition) is 1. The van der Waals surface area contributed by atoms with E-state index in [2.05, 4.69) is 25.2 Å². The molecule has 1 atom stereocenters. The molecule has 4 rings (SSSR count). The molecule has 156 valence electrons. The quantitative estimate of drug-likeness (QED) is 0.571. The molecule has 1 aliphatic heterocycles. The van der Waals surface area contributed by atoms with Crippen molar-refractivity contribution in [3.8, 4) is 0 Å². The number of anilines is 1. The van der Waals surface area contributed by atoms with Gasteiger partial charge in [0.15, 0.2) is 0 Å². The van der Waals surface area contributed by atoms with E-state index in [0.717, 1.165) is 40.3 Å². The number of para-hydroxylation sites is 1. The number of amides is 2. The number of carbonyl (C=O) groups is 2. The number of rotatable bonds is 6. The molecule has 6 heteroatoms. The second kappa shape index (κ2) is 8.96. The number of hydrogen-bond acceptors (Lipinski definition) is 4. The van der Waals surface area contributed by atoms with Crippen LogP contribution in [-0.2, 0) is 9.59 Å². The number of fused-ring (bicyclic) bond motifs is 1. The van der Waals surface area contributed by atoms with Crippen LogP contribution in [0.25, 0.3) is 10.2 Å². The Morgan fingerprint density at radius 2 is 1.90 bits per heavy atom. The van der Waals surface area contributed by atoms with Gasteiger partial charge in [0.2, 0.25) is 11.8 Å². The summed E-state index contributed by atoms with van der Waals surface area (Å²) in [5.74, 6) is 0.356. The number of likely N-dealkylation sites (tertiary alicyclic amines) is 1. The van der Waals surface area contributed by atoms with Crippen LogP contribution in [0.2, 0.25) is 0 Å². The Kier molecular flexibility index (Phi) is 6.13. The number of thiazole rings is 1. The SMILES string of the molecule is CC(C)c1ccc(NC(=O)CCC(=O)N2CCCC2c2nc3ccccc3s2)cc1. The van der Waals surface area contributed by atoms with Crippen molar-refractivity contribution in [1.29, 1.82) is 0 Å². The molecular formula is C24H27N3O2S. The lowest BCUT2D eigenvalue weighted by molar-refractivity contribution is -0.133. The third kappa shape index (κ3) is 4.54. The van der Waals surface area contributed by atoms with E-state index < -0.39 is 0 Å². The smallest absolute Gasteiger partial charge is 0.224 e. The molecule has 1 aliphatic rings. The van der Waals surface area contributed by atoms with Crippen LogP contribution in [0.1, 0.15) is 62.1 Å². The summed E-state index contributed by atoms with van der Waals surface area (Å²) in [5, 5.41) is 3.89. The minimum atomic E-state index is -0.128. The lowest BCUT2D eigenvalue weighted by atomic mass is 10.0. The van der Waals surface area contributed by atoms with E-state index in [-0.39, 0.29) is 30.7 Å². The molecule has 0 saturated carbocycles. The standard InChI is InChI=1S/C24H27N3O2S/c1-16(2)17-9-11-18(12-10-17)25-22(28)13-14-23(29)27-15-5-7-20(27)24-26-19-6-3-4-8-21(19)30-24/h3-4,6,8-12,16,20H,5,7,13-15H2,1-2H3,(H,25,28). The minimum Gasteiger partial charge on any atom is -0.333 e. The zero-order valence-electron chi connectivity index (χ0n) is 17.4. The Hall–Kier alpha value is -2.73. The molecule has 2 heterocycles. The highest BCUT2D eigenvalue weighted by atomic mass is 32.1. The van der Waals surface area contributed by atoms with Gasteiger partial charge in [-0.2, -0.15) is 0 Å². The van der Waals surface area contributed by atoms with Crippen molar-refractivity contribution in [2.45, 2.75) is 51.5 Å². The number of aromatic nitrogens is 1.